The Labute approximate surface area is 162 Å². The maximum atomic E-state index is 12.5. The van der Waals surface area contributed by atoms with Crippen LogP contribution in [-0.2, 0) is 0 Å². The van der Waals surface area contributed by atoms with E-state index in [1.54, 1.807) is 29.8 Å². The summed E-state index contributed by atoms with van der Waals surface area (Å²) in [7, 11) is 1.63. The number of hydrogen-bond acceptors (Lipinski definition) is 7. The van der Waals surface area contributed by atoms with Crippen molar-refractivity contribution < 1.29 is 13.9 Å². The molecule has 5 rings (SSSR count). The highest BCUT2D eigenvalue weighted by molar-refractivity contribution is 7.15. The van der Waals surface area contributed by atoms with E-state index in [0.29, 0.717) is 21.6 Å². The van der Waals surface area contributed by atoms with Gasteiger partial charge < -0.3 is 9.15 Å². The number of nitrogens with one attached hydrogen (secondary N) is 1. The van der Waals surface area contributed by atoms with Crippen LogP contribution in [0.1, 0.15) is 10.4 Å². The lowest BCUT2D eigenvalue weighted by atomic mass is 10.2. The minimum Gasteiger partial charge on any atom is -0.497 e. The van der Waals surface area contributed by atoms with E-state index in [2.05, 4.69) is 20.4 Å². The Bertz CT molecular complexity index is 1320. The largest absolute Gasteiger partial charge is 0.497 e. The van der Waals surface area contributed by atoms with Crippen LogP contribution >= 0.6 is 11.3 Å². The predicted molar refractivity (Wildman–Crippen MR) is 105 cm³/mol. The molecule has 0 spiro atoms. The molecule has 5 aromatic rings. The molecule has 0 aliphatic rings. The third kappa shape index (κ3) is 2.78. The molecule has 8 nitrogen and oxygen atoms in total. The van der Waals surface area contributed by atoms with E-state index < -0.39 is 0 Å². The minimum atomic E-state index is -0.314. The molecule has 28 heavy (non-hydrogen) atoms. The molecule has 3 heterocycles. The highest BCUT2D eigenvalue weighted by Gasteiger charge is 2.15. The smallest absolute Gasteiger partial charge is 0.258 e. The van der Waals surface area contributed by atoms with Crippen molar-refractivity contribution in [1.82, 2.24) is 19.6 Å². The maximum absolute atomic E-state index is 12.5. The zero-order valence-corrected chi connectivity index (χ0v) is 15.4. The van der Waals surface area contributed by atoms with Gasteiger partial charge in [0.25, 0.3) is 11.9 Å². The van der Waals surface area contributed by atoms with Crippen LogP contribution in [0.25, 0.3) is 27.3 Å². The number of anilines is 1. The molecule has 0 aliphatic heterocycles. The number of benzene rings is 2. The van der Waals surface area contributed by atoms with Gasteiger partial charge in [-0.05, 0) is 30.3 Å². The third-order valence-electron chi connectivity index (χ3n) is 4.27. The SMILES string of the molecule is COc1cccc(-c2csc3nc(NC(=O)c4ccc5ocnc5c4)nn23)c1. The number of fused-ring (bicyclic) bond motifs is 2. The van der Waals surface area contributed by atoms with Crippen LogP contribution in [0.5, 0.6) is 5.75 Å². The van der Waals surface area contributed by atoms with Crippen molar-refractivity contribution >= 4 is 39.3 Å². The van der Waals surface area contributed by atoms with Crippen molar-refractivity contribution in [2.24, 2.45) is 0 Å². The molecule has 138 valence electrons. The second-order valence-corrected chi connectivity index (χ2v) is 6.81. The number of thiazole rings is 1. The average molecular weight is 391 g/mol. The highest BCUT2D eigenvalue weighted by Crippen LogP contribution is 2.28. The molecule has 9 heteroatoms. The highest BCUT2D eigenvalue weighted by atomic mass is 32.1. The molecule has 0 atom stereocenters. The van der Waals surface area contributed by atoms with Gasteiger partial charge in [-0.1, -0.05) is 12.1 Å². The molecule has 0 fully saturated rings. The lowest BCUT2D eigenvalue weighted by Gasteiger charge is -2.03. The second kappa shape index (κ2) is 6.46. The van der Waals surface area contributed by atoms with E-state index >= 15 is 0 Å². The van der Waals surface area contributed by atoms with Crippen LogP contribution in [0.3, 0.4) is 0 Å². The summed E-state index contributed by atoms with van der Waals surface area (Å²) in [5, 5.41) is 9.13. The van der Waals surface area contributed by atoms with E-state index in [0.717, 1.165) is 17.0 Å². The van der Waals surface area contributed by atoms with Crippen LogP contribution in [0, 0.1) is 0 Å². The van der Waals surface area contributed by atoms with Gasteiger partial charge >= 0.3 is 0 Å². The summed E-state index contributed by atoms with van der Waals surface area (Å²) >= 11 is 1.44. The number of carbonyl (C=O) groups is 1. The Balaban J connectivity index is 1.45. The first-order chi connectivity index (χ1) is 13.7. The lowest BCUT2D eigenvalue weighted by Crippen LogP contribution is -2.13. The molecule has 1 N–H and O–H groups in total. The summed E-state index contributed by atoms with van der Waals surface area (Å²) in [5.74, 6) is 0.682. The molecule has 3 aromatic heterocycles. The van der Waals surface area contributed by atoms with Gasteiger partial charge in [-0.15, -0.1) is 16.4 Å². The fourth-order valence-corrected chi connectivity index (χ4v) is 3.72. The molecule has 0 saturated carbocycles. The molecule has 0 radical (unpaired) electrons. The summed E-state index contributed by atoms with van der Waals surface area (Å²) < 4.78 is 12.2. The number of rotatable bonds is 4. The quantitative estimate of drug-likeness (QED) is 0.500. The number of nitrogens with zero attached hydrogens (tertiary/aromatic N) is 4. The van der Waals surface area contributed by atoms with E-state index in [1.165, 1.54) is 17.7 Å². The lowest BCUT2D eigenvalue weighted by molar-refractivity contribution is 0.102. The van der Waals surface area contributed by atoms with Gasteiger partial charge in [-0.2, -0.15) is 4.98 Å². The van der Waals surface area contributed by atoms with Gasteiger partial charge in [0, 0.05) is 16.5 Å². The summed E-state index contributed by atoms with van der Waals surface area (Å²) in [6.45, 7) is 0. The molecular weight excluding hydrogens is 378 g/mol. The normalized spacial score (nSPS) is 11.2. The van der Waals surface area contributed by atoms with Gasteiger partial charge in [0.1, 0.15) is 11.3 Å². The van der Waals surface area contributed by atoms with Crippen molar-refractivity contribution in [3.05, 3.63) is 59.8 Å². The van der Waals surface area contributed by atoms with Crippen LogP contribution in [0.4, 0.5) is 5.95 Å². The molecule has 0 aliphatic carbocycles. The van der Waals surface area contributed by atoms with E-state index in [9.17, 15) is 4.79 Å². The van der Waals surface area contributed by atoms with E-state index in [-0.39, 0.29) is 11.9 Å². The monoisotopic (exact) mass is 391 g/mol. The second-order valence-electron chi connectivity index (χ2n) is 5.97. The number of amides is 1. The Morgan fingerprint density at radius 1 is 1.25 bits per heavy atom. The van der Waals surface area contributed by atoms with Crippen LogP contribution in [0.15, 0.2) is 58.7 Å². The van der Waals surface area contributed by atoms with Gasteiger partial charge in [-0.3, -0.25) is 10.1 Å². The van der Waals surface area contributed by atoms with Crippen molar-refractivity contribution in [2.75, 3.05) is 12.4 Å². The minimum absolute atomic E-state index is 0.237. The van der Waals surface area contributed by atoms with Crippen LogP contribution in [-0.4, -0.2) is 32.6 Å². The van der Waals surface area contributed by atoms with Crippen molar-refractivity contribution in [1.29, 1.82) is 0 Å². The predicted octanol–water partition coefficient (Wildman–Crippen LogP) is 3.86. The first-order valence-electron chi connectivity index (χ1n) is 8.34. The molecule has 0 unspecified atom stereocenters. The van der Waals surface area contributed by atoms with E-state index in [1.807, 2.05) is 29.6 Å². The molecule has 2 aromatic carbocycles. The average Bonchev–Trinajstić information content (AvgIpc) is 3.42. The first kappa shape index (κ1) is 16.5. The van der Waals surface area contributed by atoms with Crippen molar-refractivity contribution in [3.63, 3.8) is 0 Å². The first-order valence-corrected chi connectivity index (χ1v) is 9.22. The number of methoxy groups -OCH3 is 1. The summed E-state index contributed by atoms with van der Waals surface area (Å²) in [4.78, 5) is 21.7. The fourth-order valence-electron chi connectivity index (χ4n) is 2.89. The molecular formula is C19H13N5O3S. The summed E-state index contributed by atoms with van der Waals surface area (Å²) in [6.07, 6.45) is 1.34. The Morgan fingerprint density at radius 3 is 3.07 bits per heavy atom. The van der Waals surface area contributed by atoms with Gasteiger partial charge in [0.2, 0.25) is 4.96 Å². The Kier molecular flexibility index (Phi) is 3.80. The molecule has 0 bridgehead atoms. The van der Waals surface area contributed by atoms with Crippen molar-refractivity contribution in [3.8, 4) is 17.0 Å². The van der Waals surface area contributed by atoms with Crippen LogP contribution < -0.4 is 10.1 Å². The van der Waals surface area contributed by atoms with Gasteiger partial charge in [-0.25, -0.2) is 9.50 Å². The Hall–Kier alpha value is -3.72. The number of oxazole rings is 1. The summed E-state index contributed by atoms with van der Waals surface area (Å²) in [5.41, 5.74) is 3.51. The molecule has 0 saturated heterocycles. The Morgan fingerprint density at radius 2 is 2.18 bits per heavy atom. The van der Waals surface area contributed by atoms with E-state index in [4.69, 9.17) is 9.15 Å². The maximum Gasteiger partial charge on any atom is 0.258 e. The van der Waals surface area contributed by atoms with Gasteiger partial charge in [0.15, 0.2) is 12.0 Å². The van der Waals surface area contributed by atoms with Crippen LogP contribution in [0.2, 0.25) is 0 Å². The number of hydrogen-bond donors (Lipinski definition) is 1. The standard InChI is InChI=1S/C19H13N5O3S/c1-26-13-4-2-3-11(7-13)15-9-28-19-22-18(23-24(15)19)21-17(25)12-5-6-16-14(8-12)20-10-27-16/h2-10H,1H3,(H,21,23,25). The summed E-state index contributed by atoms with van der Waals surface area (Å²) in [6, 6.07) is 12.7. The zero-order chi connectivity index (χ0) is 19.1. The van der Waals surface area contributed by atoms with Gasteiger partial charge in [0.05, 0.1) is 12.8 Å². The third-order valence-corrected chi connectivity index (χ3v) is 5.08. The number of ether oxygens (including phenoxy) is 1. The molecule has 1 amide bonds. The number of aromatic nitrogens is 4. The number of carbonyl (C=O) groups excluding carboxylic acids is 1. The zero-order valence-electron chi connectivity index (χ0n) is 14.6. The topological polar surface area (TPSA) is 94.5 Å². The fraction of sp³-hybridized carbons (Fsp3) is 0.0526. The van der Waals surface area contributed by atoms with Crippen molar-refractivity contribution in [2.45, 2.75) is 0 Å².